The van der Waals surface area contributed by atoms with Crippen molar-refractivity contribution in [2.45, 2.75) is 25.4 Å². The van der Waals surface area contributed by atoms with Gasteiger partial charge in [0.05, 0.1) is 19.1 Å². The van der Waals surface area contributed by atoms with Crippen molar-refractivity contribution in [1.29, 1.82) is 0 Å². The SMILES string of the molecule is OCc1coc(C2CCCOC2)n1. The largest absolute Gasteiger partial charge is 0.448 e. The summed E-state index contributed by atoms with van der Waals surface area (Å²) < 4.78 is 10.6. The van der Waals surface area contributed by atoms with E-state index >= 15 is 0 Å². The molecule has 0 aliphatic carbocycles. The summed E-state index contributed by atoms with van der Waals surface area (Å²) >= 11 is 0. The van der Waals surface area contributed by atoms with Gasteiger partial charge in [-0.1, -0.05) is 0 Å². The molecule has 4 nitrogen and oxygen atoms in total. The lowest BCUT2D eigenvalue weighted by Crippen LogP contribution is -2.15. The molecule has 1 atom stereocenters. The van der Waals surface area contributed by atoms with E-state index in [1.54, 1.807) is 0 Å². The molecule has 0 amide bonds. The molecule has 1 unspecified atom stereocenters. The summed E-state index contributed by atoms with van der Waals surface area (Å²) in [6.07, 6.45) is 3.62. The van der Waals surface area contributed by atoms with Crippen LogP contribution in [0.15, 0.2) is 10.7 Å². The minimum Gasteiger partial charge on any atom is -0.448 e. The quantitative estimate of drug-likeness (QED) is 0.744. The lowest BCUT2D eigenvalue weighted by molar-refractivity contribution is 0.0725. The third kappa shape index (κ3) is 1.89. The number of aromatic nitrogens is 1. The Morgan fingerprint density at radius 3 is 3.15 bits per heavy atom. The van der Waals surface area contributed by atoms with E-state index in [9.17, 15) is 0 Å². The monoisotopic (exact) mass is 183 g/mol. The average Bonchev–Trinajstić information content (AvgIpc) is 2.67. The predicted octanol–water partition coefficient (Wildman–Crippen LogP) is 1.06. The summed E-state index contributed by atoms with van der Waals surface area (Å²) in [5.41, 5.74) is 0.598. The Kier molecular flexibility index (Phi) is 2.61. The van der Waals surface area contributed by atoms with E-state index in [1.807, 2.05) is 0 Å². The molecule has 0 radical (unpaired) electrons. The van der Waals surface area contributed by atoms with Crippen molar-refractivity contribution in [3.8, 4) is 0 Å². The minimum absolute atomic E-state index is 0.0585. The molecule has 1 saturated heterocycles. The number of rotatable bonds is 2. The molecule has 0 saturated carbocycles. The fourth-order valence-corrected chi connectivity index (χ4v) is 1.52. The van der Waals surface area contributed by atoms with Gasteiger partial charge >= 0.3 is 0 Å². The smallest absolute Gasteiger partial charge is 0.199 e. The van der Waals surface area contributed by atoms with Gasteiger partial charge < -0.3 is 14.3 Å². The van der Waals surface area contributed by atoms with Crippen molar-refractivity contribution in [2.24, 2.45) is 0 Å². The van der Waals surface area contributed by atoms with Crippen molar-refractivity contribution >= 4 is 0 Å². The zero-order valence-electron chi connectivity index (χ0n) is 7.40. The van der Waals surface area contributed by atoms with Gasteiger partial charge in [-0.15, -0.1) is 0 Å². The predicted molar refractivity (Wildman–Crippen MR) is 45.2 cm³/mol. The third-order valence-corrected chi connectivity index (χ3v) is 2.24. The molecule has 1 N–H and O–H groups in total. The summed E-state index contributed by atoms with van der Waals surface area (Å²) in [7, 11) is 0. The summed E-state index contributed by atoms with van der Waals surface area (Å²) in [6, 6.07) is 0. The number of nitrogens with zero attached hydrogens (tertiary/aromatic N) is 1. The van der Waals surface area contributed by atoms with Crippen molar-refractivity contribution in [1.82, 2.24) is 4.98 Å². The summed E-state index contributed by atoms with van der Waals surface area (Å²) in [5, 5.41) is 8.80. The second-order valence-corrected chi connectivity index (χ2v) is 3.25. The molecule has 13 heavy (non-hydrogen) atoms. The van der Waals surface area contributed by atoms with E-state index in [0.29, 0.717) is 18.2 Å². The maximum Gasteiger partial charge on any atom is 0.199 e. The van der Waals surface area contributed by atoms with Crippen molar-refractivity contribution in [3.63, 3.8) is 0 Å². The average molecular weight is 183 g/mol. The van der Waals surface area contributed by atoms with Crippen LogP contribution in [0.3, 0.4) is 0 Å². The first kappa shape index (κ1) is 8.72. The Morgan fingerprint density at radius 1 is 1.62 bits per heavy atom. The Bertz CT molecular complexity index is 266. The van der Waals surface area contributed by atoms with Gasteiger partial charge in [0, 0.05) is 6.61 Å². The van der Waals surface area contributed by atoms with Gasteiger partial charge in [-0.3, -0.25) is 0 Å². The van der Waals surface area contributed by atoms with Gasteiger partial charge in [0.1, 0.15) is 12.0 Å². The van der Waals surface area contributed by atoms with Crippen molar-refractivity contribution in [2.75, 3.05) is 13.2 Å². The van der Waals surface area contributed by atoms with Crippen LogP contribution in [0.1, 0.15) is 30.3 Å². The van der Waals surface area contributed by atoms with Gasteiger partial charge in [0.2, 0.25) is 0 Å². The highest BCUT2D eigenvalue weighted by Gasteiger charge is 2.20. The van der Waals surface area contributed by atoms with Crippen LogP contribution in [-0.2, 0) is 11.3 Å². The van der Waals surface area contributed by atoms with Crippen LogP contribution in [0.5, 0.6) is 0 Å². The van der Waals surface area contributed by atoms with Crippen LogP contribution in [0, 0.1) is 0 Å². The molecule has 1 aromatic rings. The number of hydrogen-bond acceptors (Lipinski definition) is 4. The van der Waals surface area contributed by atoms with E-state index < -0.39 is 0 Å². The first-order valence-corrected chi connectivity index (χ1v) is 4.53. The maximum atomic E-state index is 8.80. The third-order valence-electron chi connectivity index (χ3n) is 2.24. The van der Waals surface area contributed by atoms with Crippen LogP contribution in [0.4, 0.5) is 0 Å². The molecule has 1 fully saturated rings. The van der Waals surface area contributed by atoms with Gasteiger partial charge in [-0.05, 0) is 12.8 Å². The standard InChI is InChI=1S/C9H13NO3/c11-4-8-6-13-9(10-8)7-2-1-3-12-5-7/h6-7,11H,1-5H2. The molecular formula is C9H13NO3. The molecule has 2 rings (SSSR count). The fraction of sp³-hybridized carbons (Fsp3) is 0.667. The van der Waals surface area contributed by atoms with Crippen LogP contribution < -0.4 is 0 Å². The minimum atomic E-state index is -0.0585. The van der Waals surface area contributed by atoms with Crippen molar-refractivity contribution < 1.29 is 14.3 Å². The van der Waals surface area contributed by atoms with E-state index in [4.69, 9.17) is 14.3 Å². The second kappa shape index (κ2) is 3.89. The van der Waals surface area contributed by atoms with Gasteiger partial charge in [0.25, 0.3) is 0 Å². The number of ether oxygens (including phenoxy) is 1. The summed E-state index contributed by atoms with van der Waals surface area (Å²) in [5.74, 6) is 0.970. The van der Waals surface area contributed by atoms with Crippen LogP contribution in [0.25, 0.3) is 0 Å². The van der Waals surface area contributed by atoms with E-state index in [2.05, 4.69) is 4.98 Å². The first-order chi connectivity index (χ1) is 6.40. The van der Waals surface area contributed by atoms with Crippen LogP contribution in [-0.4, -0.2) is 23.3 Å². The summed E-state index contributed by atoms with van der Waals surface area (Å²) in [4.78, 5) is 4.16. The van der Waals surface area contributed by atoms with E-state index in [-0.39, 0.29) is 12.5 Å². The first-order valence-electron chi connectivity index (χ1n) is 4.53. The van der Waals surface area contributed by atoms with Gasteiger partial charge in [-0.25, -0.2) is 4.98 Å². The molecule has 0 aromatic carbocycles. The van der Waals surface area contributed by atoms with E-state index in [1.165, 1.54) is 6.26 Å². The number of aliphatic hydroxyl groups is 1. The molecular weight excluding hydrogens is 170 g/mol. The van der Waals surface area contributed by atoms with Gasteiger partial charge in [0.15, 0.2) is 5.89 Å². The Morgan fingerprint density at radius 2 is 2.54 bits per heavy atom. The van der Waals surface area contributed by atoms with E-state index in [0.717, 1.165) is 19.4 Å². The molecule has 1 aliphatic rings. The van der Waals surface area contributed by atoms with Crippen LogP contribution in [0.2, 0.25) is 0 Å². The molecule has 0 bridgehead atoms. The Balaban J connectivity index is 2.05. The summed E-state index contributed by atoms with van der Waals surface area (Å²) in [6.45, 7) is 1.46. The zero-order chi connectivity index (χ0) is 9.10. The van der Waals surface area contributed by atoms with Crippen LogP contribution >= 0.6 is 0 Å². The number of oxazole rings is 1. The lowest BCUT2D eigenvalue weighted by Gasteiger charge is -2.18. The maximum absolute atomic E-state index is 8.80. The Hall–Kier alpha value is -0.870. The molecule has 1 aliphatic heterocycles. The highest BCUT2D eigenvalue weighted by Crippen LogP contribution is 2.24. The fourth-order valence-electron chi connectivity index (χ4n) is 1.52. The lowest BCUT2D eigenvalue weighted by atomic mass is 10.0. The molecule has 2 heterocycles. The molecule has 0 spiro atoms. The highest BCUT2D eigenvalue weighted by molar-refractivity contribution is 5.00. The molecule has 4 heteroatoms. The molecule has 1 aromatic heterocycles. The second-order valence-electron chi connectivity index (χ2n) is 3.25. The van der Waals surface area contributed by atoms with Crippen molar-refractivity contribution in [3.05, 3.63) is 17.8 Å². The number of hydrogen-bond donors (Lipinski definition) is 1. The topological polar surface area (TPSA) is 55.5 Å². The molecule has 72 valence electrons. The zero-order valence-corrected chi connectivity index (χ0v) is 7.40. The Labute approximate surface area is 76.5 Å². The number of aliphatic hydroxyl groups excluding tert-OH is 1. The van der Waals surface area contributed by atoms with Gasteiger partial charge in [-0.2, -0.15) is 0 Å². The normalized spacial score (nSPS) is 23.3. The highest BCUT2D eigenvalue weighted by atomic mass is 16.5.